The SMILES string of the molecule is CC(C)(C)OC(=O)N1CCN(c2nc(-c3ccc(Cl)c(Cl)c3)ncc2N)CC1. The van der Waals surface area contributed by atoms with Gasteiger partial charge in [0.2, 0.25) is 0 Å². The molecule has 0 saturated carbocycles. The van der Waals surface area contributed by atoms with Gasteiger partial charge in [0.1, 0.15) is 5.60 Å². The highest BCUT2D eigenvalue weighted by molar-refractivity contribution is 6.42. The minimum Gasteiger partial charge on any atom is -0.444 e. The van der Waals surface area contributed by atoms with E-state index in [0.717, 1.165) is 5.56 Å². The largest absolute Gasteiger partial charge is 0.444 e. The Kier molecular flexibility index (Phi) is 5.86. The molecule has 2 aromatic rings. The molecule has 150 valence electrons. The van der Waals surface area contributed by atoms with Gasteiger partial charge in [0, 0.05) is 31.7 Å². The molecule has 0 aliphatic carbocycles. The van der Waals surface area contributed by atoms with Gasteiger partial charge in [-0.2, -0.15) is 0 Å². The van der Waals surface area contributed by atoms with E-state index in [1.54, 1.807) is 23.2 Å². The molecule has 3 rings (SSSR count). The van der Waals surface area contributed by atoms with Crippen LogP contribution in [0.2, 0.25) is 10.0 Å². The Morgan fingerprint density at radius 2 is 1.82 bits per heavy atom. The summed E-state index contributed by atoms with van der Waals surface area (Å²) in [6, 6.07) is 5.24. The molecular weight excluding hydrogens is 401 g/mol. The van der Waals surface area contributed by atoms with Crippen LogP contribution in [-0.2, 0) is 4.74 Å². The van der Waals surface area contributed by atoms with Crippen LogP contribution in [-0.4, -0.2) is 52.7 Å². The molecule has 0 unspecified atom stereocenters. The molecule has 1 saturated heterocycles. The Morgan fingerprint density at radius 3 is 2.43 bits per heavy atom. The number of piperazine rings is 1. The van der Waals surface area contributed by atoms with Gasteiger partial charge in [-0.25, -0.2) is 14.8 Å². The van der Waals surface area contributed by atoms with Crippen molar-refractivity contribution in [3.8, 4) is 11.4 Å². The number of rotatable bonds is 2. The maximum absolute atomic E-state index is 12.2. The predicted octanol–water partition coefficient (Wildman–Crippen LogP) is 4.09. The minimum absolute atomic E-state index is 0.306. The lowest BCUT2D eigenvalue weighted by atomic mass is 10.2. The minimum atomic E-state index is -0.514. The van der Waals surface area contributed by atoms with Crippen LogP contribution in [0.1, 0.15) is 20.8 Å². The first kappa shape index (κ1) is 20.5. The second-order valence-electron chi connectivity index (χ2n) is 7.56. The number of hydrogen-bond donors (Lipinski definition) is 1. The lowest BCUT2D eigenvalue weighted by molar-refractivity contribution is 0.0240. The molecule has 0 radical (unpaired) electrons. The Balaban J connectivity index is 1.74. The van der Waals surface area contributed by atoms with E-state index in [0.29, 0.717) is 53.6 Å². The summed E-state index contributed by atoms with van der Waals surface area (Å²) >= 11 is 12.1. The number of nitrogens with two attached hydrogens (primary N) is 1. The quantitative estimate of drug-likeness (QED) is 0.782. The first-order valence-corrected chi connectivity index (χ1v) is 9.70. The highest BCUT2D eigenvalue weighted by Gasteiger charge is 2.27. The van der Waals surface area contributed by atoms with Crippen molar-refractivity contribution in [3.63, 3.8) is 0 Å². The number of carbonyl (C=O) groups excluding carboxylic acids is 1. The van der Waals surface area contributed by atoms with Gasteiger partial charge in [-0.05, 0) is 39.0 Å². The van der Waals surface area contributed by atoms with Crippen molar-refractivity contribution in [2.24, 2.45) is 0 Å². The summed E-state index contributed by atoms with van der Waals surface area (Å²) in [4.78, 5) is 24.9. The molecule has 1 fully saturated rings. The molecule has 1 aromatic carbocycles. The summed E-state index contributed by atoms with van der Waals surface area (Å²) in [7, 11) is 0. The molecule has 1 aliphatic heterocycles. The second kappa shape index (κ2) is 8.01. The van der Waals surface area contributed by atoms with Crippen LogP contribution in [0.4, 0.5) is 16.3 Å². The smallest absolute Gasteiger partial charge is 0.410 e. The third kappa shape index (κ3) is 4.77. The first-order valence-electron chi connectivity index (χ1n) is 8.95. The maximum atomic E-state index is 12.2. The van der Waals surface area contributed by atoms with Gasteiger partial charge in [0.25, 0.3) is 0 Å². The summed E-state index contributed by atoms with van der Waals surface area (Å²) in [5, 5.41) is 0.909. The van der Waals surface area contributed by atoms with Crippen LogP contribution < -0.4 is 10.6 Å². The highest BCUT2D eigenvalue weighted by atomic mass is 35.5. The number of nitrogens with zero attached hydrogens (tertiary/aromatic N) is 4. The van der Waals surface area contributed by atoms with E-state index in [1.807, 2.05) is 31.7 Å². The van der Waals surface area contributed by atoms with Gasteiger partial charge >= 0.3 is 6.09 Å². The standard InChI is InChI=1S/C19H23Cl2N5O2/c1-19(2,3)28-18(27)26-8-6-25(7-9-26)17-15(22)11-23-16(24-17)12-4-5-13(20)14(21)10-12/h4-5,10-11H,6-9,22H2,1-3H3. The van der Waals surface area contributed by atoms with Gasteiger partial charge < -0.3 is 20.3 Å². The summed E-state index contributed by atoms with van der Waals surface area (Å²) in [5.74, 6) is 1.15. The van der Waals surface area contributed by atoms with E-state index >= 15 is 0 Å². The number of benzene rings is 1. The van der Waals surface area contributed by atoms with Crippen molar-refractivity contribution < 1.29 is 9.53 Å². The van der Waals surface area contributed by atoms with Crippen LogP contribution in [0.5, 0.6) is 0 Å². The molecule has 0 spiro atoms. The van der Waals surface area contributed by atoms with Gasteiger partial charge in [-0.1, -0.05) is 23.2 Å². The fraction of sp³-hybridized carbons (Fsp3) is 0.421. The van der Waals surface area contributed by atoms with Crippen LogP contribution in [0.15, 0.2) is 24.4 Å². The van der Waals surface area contributed by atoms with Crippen molar-refractivity contribution in [1.29, 1.82) is 0 Å². The number of ether oxygens (including phenoxy) is 1. The number of amides is 1. The Labute approximate surface area is 174 Å². The summed E-state index contributed by atoms with van der Waals surface area (Å²) in [6.45, 7) is 7.82. The third-order valence-corrected chi connectivity index (χ3v) is 4.94. The summed E-state index contributed by atoms with van der Waals surface area (Å²) < 4.78 is 5.43. The monoisotopic (exact) mass is 423 g/mol. The molecule has 2 heterocycles. The van der Waals surface area contributed by atoms with Crippen molar-refractivity contribution >= 4 is 40.8 Å². The van der Waals surface area contributed by atoms with E-state index < -0.39 is 5.60 Å². The third-order valence-electron chi connectivity index (χ3n) is 4.20. The first-order chi connectivity index (χ1) is 13.1. The highest BCUT2D eigenvalue weighted by Crippen LogP contribution is 2.29. The average Bonchev–Trinajstić information content (AvgIpc) is 2.63. The number of aromatic nitrogens is 2. The molecular formula is C19H23Cl2N5O2. The fourth-order valence-corrected chi connectivity index (χ4v) is 3.14. The van der Waals surface area contributed by atoms with Crippen molar-refractivity contribution in [2.45, 2.75) is 26.4 Å². The molecule has 1 amide bonds. The fourth-order valence-electron chi connectivity index (χ4n) is 2.84. The van der Waals surface area contributed by atoms with E-state index in [9.17, 15) is 4.79 Å². The zero-order valence-corrected chi connectivity index (χ0v) is 17.6. The molecule has 9 heteroatoms. The number of nitrogen functional groups attached to an aromatic ring is 1. The van der Waals surface area contributed by atoms with Crippen molar-refractivity contribution in [2.75, 3.05) is 36.8 Å². The Morgan fingerprint density at radius 1 is 1.14 bits per heavy atom. The van der Waals surface area contributed by atoms with Crippen LogP contribution >= 0.6 is 23.2 Å². The summed E-state index contributed by atoms with van der Waals surface area (Å²) in [5.41, 5.74) is 6.83. The Bertz CT molecular complexity index is 877. The molecule has 1 aliphatic rings. The maximum Gasteiger partial charge on any atom is 0.410 e. The van der Waals surface area contributed by atoms with Crippen molar-refractivity contribution in [3.05, 3.63) is 34.4 Å². The van der Waals surface area contributed by atoms with Gasteiger partial charge in [0.15, 0.2) is 11.6 Å². The van der Waals surface area contributed by atoms with Gasteiger partial charge in [-0.15, -0.1) is 0 Å². The summed E-state index contributed by atoms with van der Waals surface area (Å²) in [6.07, 6.45) is 1.28. The number of hydrogen-bond acceptors (Lipinski definition) is 6. The van der Waals surface area contributed by atoms with Crippen LogP contribution in [0, 0.1) is 0 Å². The lowest BCUT2D eigenvalue weighted by Gasteiger charge is -2.36. The van der Waals surface area contributed by atoms with Gasteiger partial charge in [0.05, 0.1) is 21.9 Å². The number of anilines is 2. The second-order valence-corrected chi connectivity index (χ2v) is 8.37. The Hall–Kier alpha value is -2.25. The molecule has 0 atom stereocenters. The van der Waals surface area contributed by atoms with E-state index in [2.05, 4.69) is 9.97 Å². The van der Waals surface area contributed by atoms with Crippen LogP contribution in [0.3, 0.4) is 0 Å². The normalized spacial score (nSPS) is 14.9. The zero-order valence-electron chi connectivity index (χ0n) is 16.1. The molecule has 0 bridgehead atoms. The van der Waals surface area contributed by atoms with Gasteiger partial charge in [-0.3, -0.25) is 0 Å². The molecule has 2 N–H and O–H groups in total. The zero-order chi connectivity index (χ0) is 20.5. The molecule has 7 nitrogen and oxygen atoms in total. The van der Waals surface area contributed by atoms with E-state index in [4.69, 9.17) is 33.7 Å². The number of halogens is 2. The van der Waals surface area contributed by atoms with E-state index in [-0.39, 0.29) is 6.09 Å². The number of carbonyl (C=O) groups is 1. The van der Waals surface area contributed by atoms with Crippen LogP contribution in [0.25, 0.3) is 11.4 Å². The lowest BCUT2D eigenvalue weighted by Crippen LogP contribution is -2.50. The van der Waals surface area contributed by atoms with Crippen molar-refractivity contribution in [1.82, 2.24) is 14.9 Å². The molecule has 28 heavy (non-hydrogen) atoms. The molecule has 1 aromatic heterocycles. The topological polar surface area (TPSA) is 84.6 Å². The average molecular weight is 424 g/mol. The van der Waals surface area contributed by atoms with E-state index in [1.165, 1.54) is 0 Å². The predicted molar refractivity (Wildman–Crippen MR) is 112 cm³/mol.